The molecule has 1 heterocycles. The molecule has 29 heavy (non-hydrogen) atoms. The lowest BCUT2D eigenvalue weighted by molar-refractivity contribution is -0.850. The fourth-order valence-corrected chi connectivity index (χ4v) is 4.23. The Balaban J connectivity index is 2.07. The minimum absolute atomic E-state index is 0.0135. The molecule has 0 spiro atoms. The van der Waals surface area contributed by atoms with Crippen LogP contribution in [0.4, 0.5) is 0 Å². The van der Waals surface area contributed by atoms with E-state index in [0.29, 0.717) is 13.1 Å². The van der Waals surface area contributed by atoms with Gasteiger partial charge in [-0.15, -0.1) is 0 Å². The second-order valence-corrected chi connectivity index (χ2v) is 8.72. The van der Waals surface area contributed by atoms with Gasteiger partial charge in [0.1, 0.15) is 12.7 Å². The lowest BCUT2D eigenvalue weighted by atomic mass is 10.0. The third-order valence-corrected chi connectivity index (χ3v) is 6.17. The van der Waals surface area contributed by atoms with E-state index in [-0.39, 0.29) is 17.2 Å². The van der Waals surface area contributed by atoms with Crippen LogP contribution in [-0.4, -0.2) is 47.2 Å². The minimum Gasteiger partial charge on any atom is -0.477 e. The molecule has 1 aliphatic rings. The number of quaternary nitrogens is 1. The molecule has 0 aromatic rings. The molecule has 5 heteroatoms. The molecule has 1 aliphatic heterocycles. The summed E-state index contributed by atoms with van der Waals surface area (Å²) in [4.78, 5) is 15.8. The van der Waals surface area contributed by atoms with Crippen molar-refractivity contribution in [2.75, 3.05) is 19.6 Å². The van der Waals surface area contributed by atoms with Gasteiger partial charge in [-0.1, -0.05) is 90.0 Å². The van der Waals surface area contributed by atoms with Crippen LogP contribution >= 0.6 is 0 Å². The second-order valence-electron chi connectivity index (χ2n) is 8.72. The molecule has 2 unspecified atom stereocenters. The van der Waals surface area contributed by atoms with Gasteiger partial charge in [-0.2, -0.15) is 0 Å². The molecule has 1 rings (SSSR count). The SMILES string of the molecule is CCCCCCCCCCCCCCCC=CC1=NCC[N+]1(CC(=O)O)C(C)N. The highest BCUT2D eigenvalue weighted by molar-refractivity contribution is 5.89. The number of rotatable bonds is 18. The highest BCUT2D eigenvalue weighted by atomic mass is 16.4. The van der Waals surface area contributed by atoms with Crippen molar-refractivity contribution in [3.05, 3.63) is 12.2 Å². The summed E-state index contributed by atoms with van der Waals surface area (Å²) >= 11 is 0. The number of carbonyl (C=O) groups is 1. The van der Waals surface area contributed by atoms with Gasteiger partial charge in [0.25, 0.3) is 0 Å². The van der Waals surface area contributed by atoms with Gasteiger partial charge in [0.15, 0.2) is 6.54 Å². The summed E-state index contributed by atoms with van der Waals surface area (Å²) in [5.74, 6) is 0.0129. The van der Waals surface area contributed by atoms with E-state index in [0.717, 1.165) is 12.3 Å². The van der Waals surface area contributed by atoms with Crippen LogP contribution < -0.4 is 5.73 Å². The van der Waals surface area contributed by atoms with Crippen LogP contribution in [0.15, 0.2) is 17.1 Å². The zero-order valence-corrected chi connectivity index (χ0v) is 19.1. The van der Waals surface area contributed by atoms with Crippen molar-refractivity contribution in [3.8, 4) is 0 Å². The molecule has 0 aromatic heterocycles. The molecular formula is C24H46N3O2+. The number of unbranched alkanes of at least 4 members (excludes halogenated alkanes) is 13. The maximum absolute atomic E-state index is 11.3. The molecule has 0 amide bonds. The molecule has 3 N–H and O–H groups in total. The summed E-state index contributed by atoms with van der Waals surface area (Å²) in [5.41, 5.74) is 6.12. The minimum atomic E-state index is -0.818. The smallest absolute Gasteiger partial charge is 0.359 e. The number of aliphatic carboxylic acids is 1. The third kappa shape index (κ3) is 10.4. The van der Waals surface area contributed by atoms with Crippen molar-refractivity contribution in [2.24, 2.45) is 10.7 Å². The van der Waals surface area contributed by atoms with E-state index < -0.39 is 5.97 Å². The quantitative estimate of drug-likeness (QED) is 0.227. The maximum atomic E-state index is 11.3. The molecule has 0 saturated heterocycles. The van der Waals surface area contributed by atoms with E-state index in [1.54, 1.807) is 0 Å². The Hall–Kier alpha value is -1.20. The largest absolute Gasteiger partial charge is 0.477 e. The Morgan fingerprint density at radius 3 is 2.03 bits per heavy atom. The second kappa shape index (κ2) is 15.6. The summed E-state index contributed by atoms with van der Waals surface area (Å²) in [7, 11) is 0. The number of nitrogens with two attached hydrogens (primary N) is 1. The van der Waals surface area contributed by atoms with Crippen molar-refractivity contribution in [3.63, 3.8) is 0 Å². The number of carboxylic acids is 1. The fraction of sp³-hybridized carbons (Fsp3) is 0.833. The molecule has 168 valence electrons. The Kier molecular flexibility index (Phi) is 13.9. The fourth-order valence-electron chi connectivity index (χ4n) is 4.23. The van der Waals surface area contributed by atoms with Crippen molar-refractivity contribution in [2.45, 2.75) is 110 Å². The first-order chi connectivity index (χ1) is 14.0. The van der Waals surface area contributed by atoms with Gasteiger partial charge in [-0.25, -0.2) is 14.3 Å². The Labute approximate surface area is 179 Å². The van der Waals surface area contributed by atoms with Crippen LogP contribution in [0.1, 0.15) is 104 Å². The molecule has 0 aliphatic carbocycles. The van der Waals surface area contributed by atoms with Gasteiger partial charge < -0.3 is 5.11 Å². The zero-order valence-electron chi connectivity index (χ0n) is 19.1. The average Bonchev–Trinajstić information content (AvgIpc) is 3.08. The topological polar surface area (TPSA) is 75.7 Å². The monoisotopic (exact) mass is 408 g/mol. The average molecular weight is 409 g/mol. The number of nitrogens with zero attached hydrogens (tertiary/aromatic N) is 2. The Morgan fingerprint density at radius 2 is 1.55 bits per heavy atom. The van der Waals surface area contributed by atoms with Gasteiger partial charge in [0, 0.05) is 13.0 Å². The maximum Gasteiger partial charge on any atom is 0.359 e. The lowest BCUT2D eigenvalue weighted by Gasteiger charge is -2.35. The van der Waals surface area contributed by atoms with Gasteiger partial charge in [-0.3, -0.25) is 5.73 Å². The molecular weight excluding hydrogens is 362 g/mol. The van der Waals surface area contributed by atoms with Crippen LogP contribution in [0.25, 0.3) is 0 Å². The third-order valence-electron chi connectivity index (χ3n) is 6.17. The van der Waals surface area contributed by atoms with Gasteiger partial charge in [-0.05, 0) is 12.8 Å². The molecule has 0 aromatic carbocycles. The summed E-state index contributed by atoms with van der Waals surface area (Å²) in [6.45, 7) is 5.51. The molecule has 0 bridgehead atoms. The number of allylic oxidation sites excluding steroid dienone is 1. The van der Waals surface area contributed by atoms with Crippen molar-refractivity contribution in [1.82, 2.24) is 0 Å². The van der Waals surface area contributed by atoms with Crippen LogP contribution in [-0.2, 0) is 4.79 Å². The van der Waals surface area contributed by atoms with Gasteiger partial charge in [0.2, 0.25) is 5.84 Å². The molecule has 5 nitrogen and oxygen atoms in total. The Bertz CT molecular complexity index is 502. The number of amidine groups is 1. The molecule has 2 atom stereocenters. The first kappa shape index (κ1) is 25.8. The zero-order chi connectivity index (χ0) is 21.4. The van der Waals surface area contributed by atoms with E-state index in [2.05, 4.69) is 18.0 Å². The summed E-state index contributed by atoms with van der Waals surface area (Å²) in [6, 6.07) is 0. The number of carboxylic acid groups (broad SMARTS) is 1. The normalized spacial score (nSPS) is 20.3. The molecule has 0 fully saturated rings. The predicted molar refractivity (Wildman–Crippen MR) is 123 cm³/mol. The standard InChI is InChI=1S/C24H45N3O2/c1-3-4-5-6-7-8-9-10-11-12-13-14-15-16-17-18-23-26-19-20-27(23,22(2)25)21-24(28)29/h17-18,22H,3-16,19-21,25H2,1-2H3/p+1. The number of hydrogen-bond acceptors (Lipinski definition) is 3. The van der Waals surface area contributed by atoms with Gasteiger partial charge in [0.05, 0.1) is 6.54 Å². The van der Waals surface area contributed by atoms with Crippen molar-refractivity contribution < 1.29 is 14.4 Å². The first-order valence-electron chi connectivity index (χ1n) is 12.1. The summed E-state index contributed by atoms with van der Waals surface area (Å²) in [6.07, 6.45) is 22.7. The molecule has 0 radical (unpaired) electrons. The van der Waals surface area contributed by atoms with Crippen molar-refractivity contribution >= 4 is 11.8 Å². The highest BCUT2D eigenvalue weighted by Gasteiger charge is 2.42. The number of hydrogen-bond donors (Lipinski definition) is 2. The van der Waals surface area contributed by atoms with E-state index in [9.17, 15) is 9.90 Å². The summed E-state index contributed by atoms with van der Waals surface area (Å²) in [5, 5.41) is 9.26. The van der Waals surface area contributed by atoms with E-state index in [1.165, 1.54) is 83.5 Å². The summed E-state index contributed by atoms with van der Waals surface area (Å²) < 4.78 is 0.268. The van der Waals surface area contributed by atoms with Crippen LogP contribution in [0.3, 0.4) is 0 Å². The first-order valence-corrected chi connectivity index (χ1v) is 12.1. The van der Waals surface area contributed by atoms with E-state index >= 15 is 0 Å². The predicted octanol–water partition coefficient (Wildman–Crippen LogP) is 5.64. The van der Waals surface area contributed by atoms with Crippen LogP contribution in [0.5, 0.6) is 0 Å². The van der Waals surface area contributed by atoms with E-state index in [1.807, 2.05) is 13.0 Å². The highest BCUT2D eigenvalue weighted by Crippen LogP contribution is 2.19. The van der Waals surface area contributed by atoms with Crippen LogP contribution in [0, 0.1) is 0 Å². The number of aliphatic imine (C=N–C) groups is 1. The molecule has 0 saturated carbocycles. The van der Waals surface area contributed by atoms with Crippen LogP contribution in [0.2, 0.25) is 0 Å². The lowest BCUT2D eigenvalue weighted by Crippen LogP contribution is -2.61. The van der Waals surface area contributed by atoms with Crippen molar-refractivity contribution in [1.29, 1.82) is 0 Å². The van der Waals surface area contributed by atoms with E-state index in [4.69, 9.17) is 5.73 Å². The van der Waals surface area contributed by atoms with Gasteiger partial charge >= 0.3 is 5.97 Å². The Morgan fingerprint density at radius 1 is 1.03 bits per heavy atom.